The molecule has 18 heavy (non-hydrogen) atoms. The van der Waals surface area contributed by atoms with E-state index in [1.165, 1.54) is 0 Å². The van der Waals surface area contributed by atoms with Gasteiger partial charge in [-0.2, -0.15) is 0 Å². The van der Waals surface area contributed by atoms with Gasteiger partial charge < -0.3 is 4.43 Å². The maximum absolute atomic E-state index is 11.3. The monoisotopic (exact) mass is 270 g/mol. The number of ketones is 1. The third-order valence-corrected chi connectivity index (χ3v) is 8.53. The van der Waals surface area contributed by atoms with Gasteiger partial charge in [0.15, 0.2) is 14.1 Å². The van der Waals surface area contributed by atoms with Crippen LogP contribution in [0.5, 0.6) is 0 Å². The highest BCUT2D eigenvalue weighted by Crippen LogP contribution is 2.36. The van der Waals surface area contributed by atoms with Crippen LogP contribution in [0, 0.1) is 5.92 Å². The number of Topliss-reactive ketones (excluding diaryl/α,β-unsaturated/α-hetero) is 1. The van der Waals surface area contributed by atoms with Crippen LogP contribution in [0.15, 0.2) is 11.6 Å². The molecule has 0 N–H and O–H groups in total. The molecule has 0 bridgehead atoms. The zero-order valence-corrected chi connectivity index (χ0v) is 14.4. The quantitative estimate of drug-likeness (QED) is 0.522. The first-order valence-electron chi connectivity index (χ1n) is 6.84. The van der Waals surface area contributed by atoms with Crippen molar-refractivity contribution in [3.05, 3.63) is 11.6 Å². The van der Waals surface area contributed by atoms with Gasteiger partial charge >= 0.3 is 0 Å². The third-order valence-electron chi connectivity index (χ3n) is 4.03. The topological polar surface area (TPSA) is 26.3 Å². The summed E-state index contributed by atoms with van der Waals surface area (Å²) in [6, 6.07) is 0. The van der Waals surface area contributed by atoms with Crippen LogP contribution >= 0.6 is 0 Å². The molecule has 0 fully saturated rings. The Hall–Kier alpha value is -0.413. The van der Waals surface area contributed by atoms with Crippen molar-refractivity contribution in [2.24, 2.45) is 5.92 Å². The maximum Gasteiger partial charge on any atom is 0.192 e. The van der Waals surface area contributed by atoms with Gasteiger partial charge in [-0.25, -0.2) is 0 Å². The molecule has 0 saturated carbocycles. The molecule has 0 aliphatic rings. The summed E-state index contributed by atoms with van der Waals surface area (Å²) < 4.78 is 6.21. The zero-order valence-electron chi connectivity index (χ0n) is 13.4. The number of rotatable bonds is 6. The Labute approximate surface area is 114 Å². The molecular formula is C15H30O2Si. The lowest BCUT2D eigenvalue weighted by Crippen LogP contribution is -2.41. The van der Waals surface area contributed by atoms with E-state index >= 15 is 0 Å². The first-order valence-corrected chi connectivity index (χ1v) is 9.75. The first-order chi connectivity index (χ1) is 8.01. The molecule has 0 spiro atoms. The van der Waals surface area contributed by atoms with E-state index in [0.29, 0.717) is 5.92 Å². The molecule has 0 unspecified atom stereocenters. The minimum absolute atomic E-state index is 0.153. The first kappa shape index (κ1) is 17.6. The number of carbonyl (C=O) groups is 1. The Kier molecular flexibility index (Phi) is 6.51. The summed E-state index contributed by atoms with van der Waals surface area (Å²) in [5.41, 5.74) is 0.848. The van der Waals surface area contributed by atoms with Gasteiger partial charge in [0.05, 0.1) is 0 Å². The van der Waals surface area contributed by atoms with E-state index in [9.17, 15) is 4.79 Å². The Balaban J connectivity index is 4.60. The molecule has 0 heterocycles. The molecule has 106 valence electrons. The van der Waals surface area contributed by atoms with Crippen LogP contribution in [0.25, 0.3) is 0 Å². The molecule has 3 heteroatoms. The summed E-state index contributed by atoms with van der Waals surface area (Å²) in [5, 5.41) is 0.241. The molecule has 0 aromatic heterocycles. The average molecular weight is 270 g/mol. The molecule has 0 aromatic rings. The molecule has 0 rings (SSSR count). The van der Waals surface area contributed by atoms with Crippen LogP contribution < -0.4 is 0 Å². The van der Waals surface area contributed by atoms with Crippen molar-refractivity contribution in [1.29, 1.82) is 0 Å². The van der Waals surface area contributed by atoms with Crippen molar-refractivity contribution >= 4 is 14.1 Å². The van der Waals surface area contributed by atoms with Gasteiger partial charge in [0.1, 0.15) is 0 Å². The zero-order chi connectivity index (χ0) is 14.6. The molecule has 0 radical (unpaired) electrons. The Morgan fingerprint density at radius 2 is 1.78 bits per heavy atom. The summed E-state index contributed by atoms with van der Waals surface area (Å²) in [6.07, 6.45) is 3.08. The second-order valence-electron chi connectivity index (χ2n) is 6.65. The lowest BCUT2D eigenvalue weighted by atomic mass is 10.0. The summed E-state index contributed by atoms with van der Waals surface area (Å²) in [5.74, 6) is 0.504. The lowest BCUT2D eigenvalue weighted by Gasteiger charge is -2.37. The SMILES string of the molecule is CC[C@@H](/C=C(/C)C(C)=O)CO[Si](C)(C)C(C)(C)C. The highest BCUT2D eigenvalue weighted by molar-refractivity contribution is 6.74. The number of hydrogen-bond donors (Lipinski definition) is 0. The highest BCUT2D eigenvalue weighted by atomic mass is 28.4. The predicted octanol–water partition coefficient (Wildman–Crippen LogP) is 4.57. The van der Waals surface area contributed by atoms with Crippen LogP contribution in [0.1, 0.15) is 48.0 Å². The molecule has 0 aromatic carbocycles. The minimum atomic E-state index is -1.68. The number of hydrogen-bond acceptors (Lipinski definition) is 2. The predicted molar refractivity (Wildman–Crippen MR) is 81.4 cm³/mol. The van der Waals surface area contributed by atoms with Crippen molar-refractivity contribution in [3.63, 3.8) is 0 Å². The fraction of sp³-hybridized carbons (Fsp3) is 0.800. The largest absolute Gasteiger partial charge is 0.416 e. The smallest absolute Gasteiger partial charge is 0.192 e. The van der Waals surface area contributed by atoms with E-state index in [0.717, 1.165) is 18.6 Å². The fourth-order valence-corrected chi connectivity index (χ4v) is 2.35. The third kappa shape index (κ3) is 5.49. The van der Waals surface area contributed by atoms with E-state index in [2.05, 4.69) is 46.9 Å². The molecule has 0 saturated heterocycles. The second kappa shape index (κ2) is 6.67. The van der Waals surface area contributed by atoms with Crippen LogP contribution in [-0.2, 0) is 9.22 Å². The van der Waals surface area contributed by atoms with Gasteiger partial charge in [-0.1, -0.05) is 33.8 Å². The second-order valence-corrected chi connectivity index (χ2v) is 11.5. The van der Waals surface area contributed by atoms with Crippen molar-refractivity contribution in [2.75, 3.05) is 6.61 Å². The normalized spacial score (nSPS) is 15.7. The van der Waals surface area contributed by atoms with Gasteiger partial charge in [0.2, 0.25) is 0 Å². The molecule has 0 amide bonds. The van der Waals surface area contributed by atoms with Gasteiger partial charge in [0, 0.05) is 6.61 Å². The standard InChI is InChI=1S/C15H30O2Si/c1-9-14(10-12(2)13(3)16)11-17-18(7,8)15(4,5)6/h10,14H,9,11H2,1-8H3/b12-10-/t14-/m0/s1. The number of carbonyl (C=O) groups excluding carboxylic acids is 1. The van der Waals surface area contributed by atoms with E-state index in [1.807, 2.05) is 6.92 Å². The Bertz CT molecular complexity index is 311. The van der Waals surface area contributed by atoms with Gasteiger partial charge in [-0.3, -0.25) is 4.79 Å². The van der Waals surface area contributed by atoms with Gasteiger partial charge in [-0.15, -0.1) is 0 Å². The molecule has 1 atom stereocenters. The van der Waals surface area contributed by atoms with Gasteiger partial charge in [0.25, 0.3) is 0 Å². The van der Waals surface area contributed by atoms with Gasteiger partial charge in [-0.05, 0) is 49.9 Å². The number of allylic oxidation sites excluding steroid dienone is 1. The summed E-state index contributed by atoms with van der Waals surface area (Å²) >= 11 is 0. The minimum Gasteiger partial charge on any atom is -0.416 e. The summed E-state index contributed by atoms with van der Waals surface area (Å²) in [7, 11) is -1.68. The van der Waals surface area contributed by atoms with E-state index in [1.54, 1.807) is 6.92 Å². The highest BCUT2D eigenvalue weighted by Gasteiger charge is 2.37. The van der Waals surface area contributed by atoms with Crippen LogP contribution in [0.4, 0.5) is 0 Å². The van der Waals surface area contributed by atoms with Crippen molar-refractivity contribution in [1.82, 2.24) is 0 Å². The van der Waals surface area contributed by atoms with Crippen molar-refractivity contribution in [3.8, 4) is 0 Å². The summed E-state index contributed by atoms with van der Waals surface area (Å²) in [6.45, 7) is 17.7. The lowest BCUT2D eigenvalue weighted by molar-refractivity contribution is -0.113. The van der Waals surface area contributed by atoms with E-state index < -0.39 is 8.32 Å². The molecule has 0 aliphatic carbocycles. The van der Waals surface area contributed by atoms with Crippen molar-refractivity contribution < 1.29 is 9.22 Å². The van der Waals surface area contributed by atoms with Crippen LogP contribution in [0.2, 0.25) is 18.1 Å². The molecular weight excluding hydrogens is 240 g/mol. The maximum atomic E-state index is 11.3. The fourth-order valence-electron chi connectivity index (χ4n) is 1.29. The Morgan fingerprint density at radius 3 is 2.11 bits per heavy atom. The van der Waals surface area contributed by atoms with E-state index in [4.69, 9.17) is 4.43 Å². The van der Waals surface area contributed by atoms with Crippen molar-refractivity contribution in [2.45, 2.75) is 66.1 Å². The van der Waals surface area contributed by atoms with E-state index in [-0.39, 0.29) is 10.8 Å². The Morgan fingerprint density at radius 1 is 1.28 bits per heavy atom. The van der Waals surface area contributed by atoms with Crippen LogP contribution in [-0.4, -0.2) is 20.7 Å². The molecule has 2 nitrogen and oxygen atoms in total. The summed E-state index contributed by atoms with van der Waals surface area (Å²) in [4.78, 5) is 11.3. The van der Waals surface area contributed by atoms with Crippen LogP contribution in [0.3, 0.4) is 0 Å². The average Bonchev–Trinajstić information content (AvgIpc) is 2.21. The molecule has 0 aliphatic heterocycles.